The molecule has 0 radical (unpaired) electrons. The van der Waals surface area contributed by atoms with Crippen LogP contribution in [0, 0.1) is 0 Å². The van der Waals surface area contributed by atoms with Crippen LogP contribution >= 0.6 is 0 Å². The third-order valence-corrected chi connectivity index (χ3v) is 5.24. The molecule has 0 atom stereocenters. The molecule has 2 aromatic carbocycles. The Morgan fingerprint density at radius 3 is 2.43 bits per heavy atom. The Morgan fingerprint density at radius 1 is 0.967 bits per heavy atom. The van der Waals surface area contributed by atoms with Crippen molar-refractivity contribution in [3.8, 4) is 22.7 Å². The van der Waals surface area contributed by atoms with Gasteiger partial charge in [-0.3, -0.25) is 0 Å². The molecule has 1 aliphatic heterocycles. The number of nitrogens with zero attached hydrogens (tertiary/aromatic N) is 2. The van der Waals surface area contributed by atoms with Crippen LogP contribution in [0.15, 0.2) is 54.7 Å². The van der Waals surface area contributed by atoms with E-state index in [0.717, 1.165) is 61.4 Å². The zero-order valence-electron chi connectivity index (χ0n) is 16.0. The highest BCUT2D eigenvalue weighted by atomic mass is 19.4. The maximum atomic E-state index is 13.2. The molecule has 3 nitrogen and oxygen atoms in total. The molecule has 4 rings (SSSR count). The van der Waals surface area contributed by atoms with Crippen molar-refractivity contribution in [2.45, 2.75) is 45.0 Å². The van der Waals surface area contributed by atoms with Gasteiger partial charge >= 0.3 is 12.8 Å². The van der Waals surface area contributed by atoms with E-state index in [2.05, 4.69) is 9.30 Å². The molecule has 3 aromatic rings. The Hall–Kier alpha value is -2.90. The van der Waals surface area contributed by atoms with Crippen LogP contribution in [0.1, 0.15) is 30.7 Å². The topological polar surface area (TPSA) is 18.0 Å². The summed E-state index contributed by atoms with van der Waals surface area (Å²) in [5.41, 5.74) is 1.36. The predicted octanol–water partition coefficient (Wildman–Crippen LogP) is 5.78. The molecule has 0 saturated heterocycles. The monoisotopic (exact) mass is 423 g/mol. The molecule has 8 heteroatoms. The quantitative estimate of drug-likeness (QED) is 0.384. The van der Waals surface area contributed by atoms with E-state index in [1.165, 1.54) is 18.2 Å². The normalized spacial score (nSPS) is 14.5. The zero-order valence-corrected chi connectivity index (χ0v) is 16.0. The van der Waals surface area contributed by atoms with Crippen molar-refractivity contribution in [1.82, 2.24) is 4.57 Å². The number of hydrogen-bond acceptors (Lipinski definition) is 1. The van der Waals surface area contributed by atoms with Gasteiger partial charge in [0.1, 0.15) is 17.6 Å². The smallest absolute Gasteiger partial charge is 0.416 e. The molecule has 2 heterocycles. The van der Waals surface area contributed by atoms with E-state index in [-0.39, 0.29) is 5.75 Å². The van der Waals surface area contributed by atoms with Crippen LogP contribution in [0.3, 0.4) is 0 Å². The predicted molar refractivity (Wildman–Crippen MR) is 101 cm³/mol. The molecule has 0 aliphatic carbocycles. The Bertz CT molecular complexity index is 1020. The van der Waals surface area contributed by atoms with Gasteiger partial charge in [-0.15, -0.1) is 0 Å². The second-order valence-corrected chi connectivity index (χ2v) is 7.21. The summed E-state index contributed by atoms with van der Waals surface area (Å²) in [7, 11) is 0. The lowest BCUT2D eigenvalue weighted by Crippen LogP contribution is -2.38. The minimum atomic E-state index is -4.42. The molecule has 0 fully saturated rings. The van der Waals surface area contributed by atoms with Crippen molar-refractivity contribution >= 4 is 0 Å². The average Bonchev–Trinajstić information content (AvgIpc) is 2.89. The van der Waals surface area contributed by atoms with Gasteiger partial charge in [0.25, 0.3) is 5.82 Å². The molecule has 158 valence electrons. The van der Waals surface area contributed by atoms with Crippen LogP contribution in [-0.4, -0.2) is 11.2 Å². The van der Waals surface area contributed by atoms with E-state index in [1.54, 1.807) is 22.8 Å². The van der Waals surface area contributed by atoms with Crippen LogP contribution in [0.25, 0.3) is 16.9 Å². The fourth-order valence-electron chi connectivity index (χ4n) is 3.86. The van der Waals surface area contributed by atoms with Crippen molar-refractivity contribution in [1.29, 1.82) is 0 Å². The van der Waals surface area contributed by atoms with Crippen LogP contribution < -0.4 is 9.30 Å². The standard InChI is InChI=1S/C22H20F5N2O/c23-21(24)30-18-10-8-15(9-11-18)19-14-29(20-7-2-1-3-12-28(19)20)17-6-4-5-16(13-17)22(25,26)27/h4-6,8-11,13-14,21H,1-3,7,12H2/q+1. The Morgan fingerprint density at radius 2 is 1.73 bits per heavy atom. The van der Waals surface area contributed by atoms with Gasteiger partial charge in [-0.25, -0.2) is 4.57 Å². The van der Waals surface area contributed by atoms with Gasteiger partial charge < -0.3 is 4.74 Å². The van der Waals surface area contributed by atoms with Crippen LogP contribution in [-0.2, 0) is 19.1 Å². The van der Waals surface area contributed by atoms with E-state index in [1.807, 2.05) is 6.20 Å². The lowest BCUT2D eigenvalue weighted by Gasteiger charge is -2.08. The summed E-state index contributed by atoms with van der Waals surface area (Å²) in [6.07, 6.45) is 1.08. The van der Waals surface area contributed by atoms with Gasteiger partial charge in [-0.2, -0.15) is 26.5 Å². The van der Waals surface area contributed by atoms with Crippen molar-refractivity contribution in [2.24, 2.45) is 0 Å². The van der Waals surface area contributed by atoms with Crippen molar-refractivity contribution in [3.63, 3.8) is 0 Å². The Balaban J connectivity index is 1.79. The number of fused-ring (bicyclic) bond motifs is 1. The van der Waals surface area contributed by atoms with E-state index in [0.29, 0.717) is 5.69 Å². The van der Waals surface area contributed by atoms with Crippen molar-refractivity contribution in [2.75, 3.05) is 0 Å². The fraction of sp³-hybridized carbons (Fsp3) is 0.318. The van der Waals surface area contributed by atoms with Gasteiger partial charge in [-0.1, -0.05) is 6.07 Å². The van der Waals surface area contributed by atoms with Crippen molar-refractivity contribution < 1.29 is 31.3 Å². The minimum Gasteiger partial charge on any atom is -0.435 e. The van der Waals surface area contributed by atoms with E-state index in [9.17, 15) is 22.0 Å². The largest absolute Gasteiger partial charge is 0.435 e. The maximum absolute atomic E-state index is 13.2. The third kappa shape index (κ3) is 4.17. The molecule has 0 N–H and O–H groups in total. The summed E-state index contributed by atoms with van der Waals surface area (Å²) in [5, 5.41) is 0. The summed E-state index contributed by atoms with van der Waals surface area (Å²) >= 11 is 0. The molecule has 0 spiro atoms. The average molecular weight is 423 g/mol. The Kier molecular flexibility index (Phi) is 5.49. The second kappa shape index (κ2) is 8.08. The highest BCUT2D eigenvalue weighted by molar-refractivity contribution is 5.58. The first-order chi connectivity index (χ1) is 14.3. The number of ether oxygens (including phenoxy) is 1. The molecule has 0 bridgehead atoms. The summed E-state index contributed by atoms with van der Waals surface area (Å²) in [6, 6.07) is 11.6. The van der Waals surface area contributed by atoms with E-state index < -0.39 is 18.4 Å². The molecule has 0 saturated carbocycles. The molecular weight excluding hydrogens is 403 g/mol. The van der Waals surface area contributed by atoms with Crippen LogP contribution in [0.4, 0.5) is 22.0 Å². The van der Waals surface area contributed by atoms with E-state index in [4.69, 9.17) is 0 Å². The first-order valence-electron chi connectivity index (χ1n) is 9.70. The number of aromatic nitrogens is 2. The number of imidazole rings is 1. The van der Waals surface area contributed by atoms with Crippen LogP contribution in [0.5, 0.6) is 5.75 Å². The summed E-state index contributed by atoms with van der Waals surface area (Å²) in [4.78, 5) is 0. The molecule has 0 amide bonds. The van der Waals surface area contributed by atoms with Gasteiger partial charge in [0, 0.05) is 12.0 Å². The molecule has 0 unspecified atom stereocenters. The minimum absolute atomic E-state index is 0.0575. The number of benzene rings is 2. The lowest BCUT2D eigenvalue weighted by atomic mass is 10.1. The Labute approximate surface area is 170 Å². The highest BCUT2D eigenvalue weighted by Gasteiger charge is 2.32. The van der Waals surface area contributed by atoms with Gasteiger partial charge in [0.05, 0.1) is 12.1 Å². The maximum Gasteiger partial charge on any atom is 0.416 e. The SMILES string of the molecule is FC(F)Oc1ccc(-c2cn(-c3cccc(C(F)(F)F)c3)c3[n+]2CCCCC3)cc1. The lowest BCUT2D eigenvalue weighted by molar-refractivity contribution is -0.692. The number of hydrogen-bond donors (Lipinski definition) is 0. The van der Waals surface area contributed by atoms with Gasteiger partial charge in [0.2, 0.25) is 0 Å². The summed E-state index contributed by atoms with van der Waals surface area (Å²) < 4.78 is 72.8. The second-order valence-electron chi connectivity index (χ2n) is 7.21. The number of rotatable bonds is 4. The molecular formula is C22H20F5N2O+. The molecule has 1 aliphatic rings. The molecule has 30 heavy (non-hydrogen) atoms. The third-order valence-electron chi connectivity index (χ3n) is 5.24. The van der Waals surface area contributed by atoms with Gasteiger partial charge in [0.15, 0.2) is 5.69 Å². The first kappa shape index (κ1) is 20.4. The summed E-state index contributed by atoms with van der Waals surface area (Å²) in [5.74, 6) is 0.983. The summed E-state index contributed by atoms with van der Waals surface area (Å²) in [6.45, 7) is -2.16. The first-order valence-corrected chi connectivity index (χ1v) is 9.70. The van der Waals surface area contributed by atoms with Crippen molar-refractivity contribution in [3.05, 3.63) is 66.1 Å². The number of alkyl halides is 5. The number of halogens is 5. The fourth-order valence-corrected chi connectivity index (χ4v) is 3.86. The van der Waals surface area contributed by atoms with Crippen LogP contribution in [0.2, 0.25) is 0 Å². The molecule has 1 aromatic heterocycles. The highest BCUT2D eigenvalue weighted by Crippen LogP contribution is 2.31. The zero-order chi connectivity index (χ0) is 21.3. The van der Waals surface area contributed by atoms with Gasteiger partial charge in [-0.05, 0) is 61.7 Å². The van der Waals surface area contributed by atoms with E-state index >= 15 is 0 Å².